The second kappa shape index (κ2) is 9.71. The fourth-order valence-electron chi connectivity index (χ4n) is 3.90. The quantitative estimate of drug-likeness (QED) is 0.361. The largest absolute Gasteiger partial charge is 0.497 e. The first-order chi connectivity index (χ1) is 15.5. The summed E-state index contributed by atoms with van der Waals surface area (Å²) in [6, 6.07) is 23.9. The van der Waals surface area contributed by atoms with Crippen LogP contribution in [0.2, 0.25) is 0 Å². The Morgan fingerprint density at radius 3 is 2.44 bits per heavy atom. The van der Waals surface area contributed by atoms with E-state index in [0.29, 0.717) is 6.54 Å². The molecule has 0 aliphatic rings. The number of nitrogens with one attached hydrogen (secondary N) is 3. The van der Waals surface area contributed by atoms with Gasteiger partial charge in [-0.2, -0.15) is 0 Å². The van der Waals surface area contributed by atoms with Crippen molar-refractivity contribution in [2.75, 3.05) is 19.0 Å². The molecule has 1 heterocycles. The molecule has 0 bridgehead atoms. The van der Waals surface area contributed by atoms with Crippen molar-refractivity contribution < 1.29 is 9.53 Å². The zero-order chi connectivity index (χ0) is 22.5. The van der Waals surface area contributed by atoms with Gasteiger partial charge in [-0.3, -0.25) is 4.79 Å². The molecule has 0 aliphatic heterocycles. The maximum Gasteiger partial charge on any atom is 0.241 e. The van der Waals surface area contributed by atoms with Crippen molar-refractivity contribution in [2.24, 2.45) is 0 Å². The van der Waals surface area contributed by atoms with Gasteiger partial charge in [-0.1, -0.05) is 48.0 Å². The number of aryl methyl sites for hydroxylation is 1. The summed E-state index contributed by atoms with van der Waals surface area (Å²) >= 11 is 0. The van der Waals surface area contributed by atoms with Crippen LogP contribution in [0.3, 0.4) is 0 Å². The van der Waals surface area contributed by atoms with Crippen molar-refractivity contribution in [2.45, 2.75) is 25.8 Å². The molecule has 5 nitrogen and oxygen atoms in total. The Bertz CT molecular complexity index is 1180. The predicted molar refractivity (Wildman–Crippen MR) is 130 cm³/mol. The van der Waals surface area contributed by atoms with E-state index in [1.807, 2.05) is 56.3 Å². The first kappa shape index (κ1) is 21.7. The van der Waals surface area contributed by atoms with E-state index in [4.69, 9.17) is 4.74 Å². The summed E-state index contributed by atoms with van der Waals surface area (Å²) < 4.78 is 5.33. The van der Waals surface area contributed by atoms with Crippen molar-refractivity contribution in [3.63, 3.8) is 0 Å². The van der Waals surface area contributed by atoms with E-state index in [-0.39, 0.29) is 17.9 Å². The molecule has 0 fully saturated rings. The third-order valence-corrected chi connectivity index (χ3v) is 5.86. The first-order valence-corrected chi connectivity index (χ1v) is 10.9. The summed E-state index contributed by atoms with van der Waals surface area (Å²) in [7, 11) is 1.67. The SMILES string of the molecule is COc1ccc([C@@H](CN[C@H](C)C(=O)Nc2ccc(C)cc2)c2c[nH]c3ccccc23)cc1. The van der Waals surface area contributed by atoms with Crippen LogP contribution in [0.5, 0.6) is 5.75 Å². The summed E-state index contributed by atoms with van der Waals surface area (Å²) in [4.78, 5) is 16.1. The van der Waals surface area contributed by atoms with Gasteiger partial charge in [0.05, 0.1) is 13.2 Å². The minimum Gasteiger partial charge on any atom is -0.497 e. The fraction of sp³-hybridized carbons (Fsp3) is 0.222. The molecule has 0 saturated heterocycles. The van der Waals surface area contributed by atoms with E-state index in [2.05, 4.69) is 52.1 Å². The maximum atomic E-state index is 12.7. The van der Waals surface area contributed by atoms with Gasteiger partial charge in [-0.15, -0.1) is 0 Å². The van der Waals surface area contributed by atoms with Gasteiger partial charge in [0.15, 0.2) is 0 Å². The lowest BCUT2D eigenvalue weighted by atomic mass is 9.90. The topological polar surface area (TPSA) is 66.2 Å². The summed E-state index contributed by atoms with van der Waals surface area (Å²) in [6.07, 6.45) is 2.07. The van der Waals surface area contributed by atoms with E-state index < -0.39 is 0 Å². The number of amides is 1. The molecule has 1 amide bonds. The number of para-hydroxylation sites is 1. The molecule has 4 aromatic rings. The van der Waals surface area contributed by atoms with Gasteiger partial charge >= 0.3 is 0 Å². The van der Waals surface area contributed by atoms with Crippen LogP contribution in [0.4, 0.5) is 5.69 Å². The Morgan fingerprint density at radius 2 is 1.72 bits per heavy atom. The first-order valence-electron chi connectivity index (χ1n) is 10.9. The average molecular weight is 428 g/mol. The van der Waals surface area contributed by atoms with E-state index in [1.165, 1.54) is 10.9 Å². The number of H-pyrrole nitrogens is 1. The number of benzene rings is 3. The molecule has 32 heavy (non-hydrogen) atoms. The van der Waals surface area contributed by atoms with Crippen molar-refractivity contribution >= 4 is 22.5 Å². The van der Waals surface area contributed by atoms with E-state index in [9.17, 15) is 4.79 Å². The van der Waals surface area contributed by atoms with Gasteiger partial charge in [-0.05, 0) is 55.3 Å². The second-order valence-corrected chi connectivity index (χ2v) is 8.10. The van der Waals surface area contributed by atoms with Crippen molar-refractivity contribution in [3.05, 3.63) is 95.7 Å². The Hall–Kier alpha value is -3.57. The van der Waals surface area contributed by atoms with Gasteiger partial charge < -0.3 is 20.4 Å². The highest BCUT2D eigenvalue weighted by Gasteiger charge is 2.21. The van der Waals surface area contributed by atoms with E-state index in [1.54, 1.807) is 7.11 Å². The van der Waals surface area contributed by atoms with Crippen molar-refractivity contribution in [3.8, 4) is 5.75 Å². The predicted octanol–water partition coefficient (Wildman–Crippen LogP) is 5.23. The third kappa shape index (κ3) is 4.84. The monoisotopic (exact) mass is 427 g/mol. The number of anilines is 1. The molecule has 164 valence electrons. The van der Waals surface area contributed by atoms with E-state index >= 15 is 0 Å². The zero-order valence-electron chi connectivity index (χ0n) is 18.7. The van der Waals surface area contributed by atoms with Gasteiger partial charge in [0, 0.05) is 35.2 Å². The number of carbonyl (C=O) groups is 1. The number of aromatic nitrogens is 1. The lowest BCUT2D eigenvalue weighted by molar-refractivity contribution is -0.117. The number of aromatic amines is 1. The molecule has 0 unspecified atom stereocenters. The van der Waals surface area contributed by atoms with Crippen LogP contribution in [-0.4, -0.2) is 30.6 Å². The smallest absolute Gasteiger partial charge is 0.241 e. The van der Waals surface area contributed by atoms with Crippen LogP contribution in [0, 0.1) is 6.92 Å². The number of rotatable bonds is 8. The molecule has 3 aromatic carbocycles. The van der Waals surface area contributed by atoms with Crippen molar-refractivity contribution in [1.82, 2.24) is 10.3 Å². The van der Waals surface area contributed by atoms with E-state index in [0.717, 1.165) is 28.1 Å². The molecule has 5 heteroatoms. The molecule has 0 radical (unpaired) electrons. The van der Waals surface area contributed by atoms with Crippen LogP contribution < -0.4 is 15.4 Å². The summed E-state index contributed by atoms with van der Waals surface area (Å²) in [5.41, 5.74) is 5.43. The second-order valence-electron chi connectivity index (χ2n) is 8.10. The number of ether oxygens (including phenoxy) is 1. The molecule has 2 atom stereocenters. The third-order valence-electron chi connectivity index (χ3n) is 5.86. The normalized spacial score (nSPS) is 13.0. The van der Waals surface area contributed by atoms with Gasteiger partial charge in [0.25, 0.3) is 0 Å². The Kier molecular flexibility index (Phi) is 6.57. The van der Waals surface area contributed by atoms with Crippen LogP contribution in [0.1, 0.15) is 29.5 Å². The summed E-state index contributed by atoms with van der Waals surface area (Å²) in [5.74, 6) is 0.846. The summed E-state index contributed by atoms with van der Waals surface area (Å²) in [6.45, 7) is 4.54. The molecule has 0 aliphatic carbocycles. The lowest BCUT2D eigenvalue weighted by Crippen LogP contribution is -2.40. The highest BCUT2D eigenvalue weighted by Crippen LogP contribution is 2.31. The fourth-order valence-corrected chi connectivity index (χ4v) is 3.90. The van der Waals surface area contributed by atoms with Gasteiger partial charge in [0.1, 0.15) is 5.75 Å². The molecular weight excluding hydrogens is 398 g/mol. The van der Waals surface area contributed by atoms with Gasteiger partial charge in [0.2, 0.25) is 5.91 Å². The van der Waals surface area contributed by atoms with Crippen LogP contribution in [0.25, 0.3) is 10.9 Å². The maximum absolute atomic E-state index is 12.7. The van der Waals surface area contributed by atoms with Gasteiger partial charge in [-0.25, -0.2) is 0 Å². The average Bonchev–Trinajstić information content (AvgIpc) is 3.25. The standard InChI is InChI=1S/C27H29N3O2/c1-18-8-12-21(13-9-18)30-27(31)19(2)28-16-24(20-10-14-22(32-3)15-11-20)25-17-29-26-7-5-4-6-23(25)26/h4-15,17,19,24,28-29H,16H2,1-3H3,(H,30,31)/t19-,24-/m1/s1. The number of hydrogen-bond acceptors (Lipinski definition) is 3. The molecule has 1 aromatic heterocycles. The molecule has 3 N–H and O–H groups in total. The number of methoxy groups -OCH3 is 1. The highest BCUT2D eigenvalue weighted by atomic mass is 16.5. The minimum atomic E-state index is -0.345. The summed E-state index contributed by atoms with van der Waals surface area (Å²) in [5, 5.41) is 7.61. The van der Waals surface area contributed by atoms with Crippen molar-refractivity contribution in [1.29, 1.82) is 0 Å². The highest BCUT2D eigenvalue weighted by molar-refractivity contribution is 5.94. The zero-order valence-corrected chi connectivity index (χ0v) is 18.7. The number of fused-ring (bicyclic) bond motifs is 1. The number of hydrogen-bond donors (Lipinski definition) is 3. The lowest BCUT2D eigenvalue weighted by Gasteiger charge is -2.21. The van der Waals surface area contributed by atoms with Crippen LogP contribution >= 0.6 is 0 Å². The molecular formula is C27H29N3O2. The van der Waals surface area contributed by atoms with Crippen LogP contribution in [0.15, 0.2) is 79.0 Å². The molecule has 0 spiro atoms. The Labute approximate surface area is 188 Å². The van der Waals surface area contributed by atoms with Crippen LogP contribution in [-0.2, 0) is 4.79 Å². The Morgan fingerprint density at radius 1 is 1.00 bits per heavy atom. The number of carbonyl (C=O) groups excluding carboxylic acids is 1. The molecule has 4 rings (SSSR count). The minimum absolute atomic E-state index is 0.0544. The molecule has 0 saturated carbocycles. The Balaban J connectivity index is 1.53.